The smallest absolute Gasteiger partial charge is 0.319 e. The minimum Gasteiger partial charge on any atom is -0.376 e. The molecule has 4 nitrogen and oxygen atoms in total. The second kappa shape index (κ2) is 6.60. The number of para-hydroxylation sites is 1. The third-order valence-corrected chi connectivity index (χ3v) is 4.60. The predicted molar refractivity (Wildman–Crippen MR) is 92.1 cm³/mol. The van der Waals surface area contributed by atoms with Crippen molar-refractivity contribution in [1.82, 2.24) is 5.32 Å². The Hall–Kier alpha value is -2.04. The molecule has 0 fully saturated rings. The minimum absolute atomic E-state index is 0.287. The summed E-state index contributed by atoms with van der Waals surface area (Å²) in [5.41, 5.74) is 2.76. The van der Waals surface area contributed by atoms with E-state index in [2.05, 4.69) is 22.8 Å². The fourth-order valence-electron chi connectivity index (χ4n) is 2.97. The van der Waals surface area contributed by atoms with E-state index < -0.39 is 0 Å². The fourth-order valence-corrected chi connectivity index (χ4v) is 3.15. The lowest BCUT2D eigenvalue weighted by Crippen LogP contribution is -2.46. The maximum absolute atomic E-state index is 12.1. The van der Waals surface area contributed by atoms with Gasteiger partial charge in [0.15, 0.2) is 0 Å². The summed E-state index contributed by atoms with van der Waals surface area (Å²) in [6.07, 6.45) is 1.60. The van der Waals surface area contributed by atoms with Crippen LogP contribution in [0.5, 0.6) is 0 Å². The van der Waals surface area contributed by atoms with Crippen molar-refractivity contribution in [2.24, 2.45) is 0 Å². The average molecular weight is 331 g/mol. The number of methoxy groups -OCH3 is 1. The van der Waals surface area contributed by atoms with Crippen molar-refractivity contribution in [3.05, 3.63) is 64.7 Å². The number of benzene rings is 2. The highest BCUT2D eigenvalue weighted by Gasteiger charge is 2.37. The molecule has 0 aromatic heterocycles. The lowest BCUT2D eigenvalue weighted by atomic mass is 10.0. The zero-order valence-corrected chi connectivity index (χ0v) is 13.7. The molecule has 5 heteroatoms. The predicted octanol–water partition coefficient (Wildman–Crippen LogP) is 3.65. The van der Waals surface area contributed by atoms with Gasteiger partial charge in [0.2, 0.25) is 0 Å². The van der Waals surface area contributed by atoms with E-state index >= 15 is 0 Å². The highest BCUT2D eigenvalue weighted by Crippen LogP contribution is 2.32. The molecule has 23 heavy (non-hydrogen) atoms. The molecular weight excluding hydrogens is 312 g/mol. The van der Waals surface area contributed by atoms with Gasteiger partial charge in [-0.15, -0.1) is 0 Å². The number of hydrogen-bond acceptors (Lipinski definition) is 2. The number of fused-ring (bicyclic) bond motifs is 1. The molecule has 0 atom stereocenters. The van der Waals surface area contributed by atoms with Crippen LogP contribution in [0.15, 0.2) is 48.5 Å². The Morgan fingerprint density at radius 1 is 1.13 bits per heavy atom. The number of anilines is 1. The molecule has 0 bridgehead atoms. The highest BCUT2D eigenvalue weighted by molar-refractivity contribution is 6.33. The van der Waals surface area contributed by atoms with E-state index in [0.29, 0.717) is 17.3 Å². The molecule has 2 aromatic rings. The monoisotopic (exact) mass is 330 g/mol. The number of halogens is 1. The molecule has 1 aliphatic rings. The van der Waals surface area contributed by atoms with Crippen molar-refractivity contribution >= 4 is 23.3 Å². The number of urea groups is 1. The molecule has 120 valence electrons. The molecule has 0 heterocycles. The normalized spacial score (nSPS) is 15.0. The van der Waals surface area contributed by atoms with E-state index in [1.807, 2.05) is 24.3 Å². The summed E-state index contributed by atoms with van der Waals surface area (Å²) < 4.78 is 5.74. The zero-order valence-electron chi connectivity index (χ0n) is 12.9. The Labute approximate surface area is 140 Å². The SMILES string of the molecule is COC1(CNC(=O)Nc2ccccc2Cl)Cc2ccccc2C1. The number of rotatable bonds is 4. The van der Waals surface area contributed by atoms with Gasteiger partial charge in [-0.2, -0.15) is 0 Å². The van der Waals surface area contributed by atoms with Crippen LogP contribution in [-0.2, 0) is 17.6 Å². The first kappa shape index (κ1) is 15.8. The van der Waals surface area contributed by atoms with Gasteiger partial charge in [-0.05, 0) is 23.3 Å². The number of carbonyl (C=O) groups is 1. The number of amides is 2. The Morgan fingerprint density at radius 3 is 2.35 bits per heavy atom. The highest BCUT2D eigenvalue weighted by atomic mass is 35.5. The Morgan fingerprint density at radius 2 is 1.74 bits per heavy atom. The van der Waals surface area contributed by atoms with Crippen LogP contribution in [0.1, 0.15) is 11.1 Å². The second-order valence-corrected chi connectivity index (χ2v) is 6.20. The summed E-state index contributed by atoms with van der Waals surface area (Å²) >= 11 is 6.04. The van der Waals surface area contributed by atoms with E-state index in [0.717, 1.165) is 12.8 Å². The quantitative estimate of drug-likeness (QED) is 0.899. The first-order valence-corrected chi connectivity index (χ1v) is 7.91. The molecule has 0 unspecified atom stereocenters. The van der Waals surface area contributed by atoms with Crippen LogP contribution in [-0.4, -0.2) is 25.3 Å². The first-order chi connectivity index (χ1) is 11.1. The van der Waals surface area contributed by atoms with Crippen LogP contribution in [0.4, 0.5) is 10.5 Å². The molecule has 1 aliphatic carbocycles. The topological polar surface area (TPSA) is 50.4 Å². The van der Waals surface area contributed by atoms with Crippen molar-refractivity contribution in [2.75, 3.05) is 19.0 Å². The molecule has 2 aromatic carbocycles. The summed E-state index contributed by atoms with van der Waals surface area (Å²) in [6.45, 7) is 0.439. The van der Waals surface area contributed by atoms with Gasteiger partial charge < -0.3 is 15.4 Å². The summed E-state index contributed by atoms with van der Waals surface area (Å²) in [5.74, 6) is 0. The van der Waals surface area contributed by atoms with Crippen LogP contribution in [0.2, 0.25) is 5.02 Å². The third-order valence-electron chi connectivity index (χ3n) is 4.27. The van der Waals surface area contributed by atoms with Gasteiger partial charge in [0.25, 0.3) is 0 Å². The van der Waals surface area contributed by atoms with Crippen LogP contribution in [0.3, 0.4) is 0 Å². The van der Waals surface area contributed by atoms with Gasteiger partial charge in [0.1, 0.15) is 0 Å². The lowest BCUT2D eigenvalue weighted by molar-refractivity contribution is 0.00208. The van der Waals surface area contributed by atoms with Crippen molar-refractivity contribution in [2.45, 2.75) is 18.4 Å². The standard InChI is InChI=1S/C18H19ClN2O2/c1-23-18(10-13-6-2-3-7-14(13)11-18)12-20-17(22)21-16-9-5-4-8-15(16)19/h2-9H,10-12H2,1H3,(H2,20,21,22). The first-order valence-electron chi connectivity index (χ1n) is 7.53. The van der Waals surface area contributed by atoms with Crippen molar-refractivity contribution in [3.63, 3.8) is 0 Å². The van der Waals surface area contributed by atoms with E-state index in [1.54, 1.807) is 19.2 Å². The Kier molecular flexibility index (Phi) is 4.55. The van der Waals surface area contributed by atoms with Crippen molar-refractivity contribution < 1.29 is 9.53 Å². The molecule has 0 spiro atoms. The molecule has 0 radical (unpaired) electrons. The summed E-state index contributed by atoms with van der Waals surface area (Å²) in [6, 6.07) is 15.1. The van der Waals surface area contributed by atoms with Crippen LogP contribution < -0.4 is 10.6 Å². The molecule has 2 N–H and O–H groups in total. The van der Waals surface area contributed by atoms with E-state index in [4.69, 9.17) is 16.3 Å². The van der Waals surface area contributed by atoms with Crippen molar-refractivity contribution in [3.8, 4) is 0 Å². The molecule has 2 amide bonds. The summed E-state index contributed by atoms with van der Waals surface area (Å²) in [4.78, 5) is 12.1. The van der Waals surface area contributed by atoms with E-state index in [9.17, 15) is 4.79 Å². The van der Waals surface area contributed by atoms with Gasteiger partial charge in [-0.1, -0.05) is 48.0 Å². The molecule has 3 rings (SSSR count). The maximum atomic E-state index is 12.1. The number of ether oxygens (including phenoxy) is 1. The van der Waals surface area contributed by atoms with Crippen LogP contribution in [0, 0.1) is 0 Å². The average Bonchev–Trinajstić information content (AvgIpc) is 2.94. The number of hydrogen-bond donors (Lipinski definition) is 2. The summed E-state index contributed by atoms with van der Waals surface area (Å²) in [7, 11) is 1.69. The molecular formula is C18H19ClN2O2. The van der Waals surface area contributed by atoms with Crippen molar-refractivity contribution in [1.29, 1.82) is 0 Å². The van der Waals surface area contributed by atoms with E-state index in [1.165, 1.54) is 11.1 Å². The number of carbonyl (C=O) groups excluding carboxylic acids is 1. The van der Waals surface area contributed by atoms with Crippen LogP contribution >= 0.6 is 11.6 Å². The number of nitrogens with one attached hydrogen (secondary N) is 2. The second-order valence-electron chi connectivity index (χ2n) is 5.80. The van der Waals surface area contributed by atoms with Gasteiger partial charge in [0.05, 0.1) is 16.3 Å². The van der Waals surface area contributed by atoms with Gasteiger partial charge >= 0.3 is 6.03 Å². The maximum Gasteiger partial charge on any atom is 0.319 e. The minimum atomic E-state index is -0.387. The van der Waals surface area contributed by atoms with Gasteiger partial charge in [0, 0.05) is 26.5 Å². The molecule has 0 saturated carbocycles. The molecule has 0 aliphatic heterocycles. The fraction of sp³-hybridized carbons (Fsp3) is 0.278. The van der Waals surface area contributed by atoms with Gasteiger partial charge in [-0.3, -0.25) is 0 Å². The van der Waals surface area contributed by atoms with Gasteiger partial charge in [-0.25, -0.2) is 4.79 Å². The largest absolute Gasteiger partial charge is 0.376 e. The van der Waals surface area contributed by atoms with Crippen LogP contribution in [0.25, 0.3) is 0 Å². The molecule has 0 saturated heterocycles. The Balaban J connectivity index is 1.61. The summed E-state index contributed by atoms with van der Waals surface area (Å²) in [5, 5.41) is 6.16. The zero-order chi connectivity index (χ0) is 16.3. The Bertz CT molecular complexity index is 693. The third kappa shape index (κ3) is 3.49. The van der Waals surface area contributed by atoms with E-state index in [-0.39, 0.29) is 11.6 Å². The lowest BCUT2D eigenvalue weighted by Gasteiger charge is -2.27.